The van der Waals surface area contributed by atoms with E-state index in [1.54, 1.807) is 12.1 Å². The molecule has 1 saturated heterocycles. The summed E-state index contributed by atoms with van der Waals surface area (Å²) < 4.78 is 5.71. The molecule has 2 unspecified atom stereocenters. The van der Waals surface area contributed by atoms with Crippen molar-refractivity contribution in [2.24, 2.45) is 5.92 Å². The molecule has 0 radical (unpaired) electrons. The summed E-state index contributed by atoms with van der Waals surface area (Å²) >= 11 is 0. The van der Waals surface area contributed by atoms with Crippen LogP contribution in [0.3, 0.4) is 0 Å². The number of hydrogen-bond acceptors (Lipinski definition) is 4. The van der Waals surface area contributed by atoms with Crippen LogP contribution in [0.15, 0.2) is 24.3 Å². The molecule has 2 rings (SSSR count). The topological polar surface area (TPSA) is 64.4 Å². The van der Waals surface area contributed by atoms with Gasteiger partial charge in [0.25, 0.3) is 5.69 Å². The van der Waals surface area contributed by atoms with Crippen LogP contribution in [0.2, 0.25) is 0 Å². The van der Waals surface area contributed by atoms with Gasteiger partial charge in [-0.1, -0.05) is 26.0 Å². The molecular weight excluding hydrogens is 244 g/mol. The van der Waals surface area contributed by atoms with E-state index in [1.807, 2.05) is 6.07 Å². The fraction of sp³-hybridized carbons (Fsp3) is 0.571. The molecule has 1 aliphatic rings. The standard InChI is InChI=1S/C14H20N2O3/c1-10(2)14-9-11(7-8-19-14)15-12-5-3-4-6-13(12)16(17)18/h3-6,10-11,14-15H,7-9H2,1-2H3. The number of rotatable bonds is 4. The highest BCUT2D eigenvalue weighted by Crippen LogP contribution is 2.28. The molecule has 1 heterocycles. The lowest BCUT2D eigenvalue weighted by molar-refractivity contribution is -0.384. The molecule has 0 saturated carbocycles. The third-order valence-corrected chi connectivity index (χ3v) is 3.52. The van der Waals surface area contributed by atoms with Gasteiger partial charge in [-0.25, -0.2) is 0 Å². The number of benzene rings is 1. The Balaban J connectivity index is 2.07. The van der Waals surface area contributed by atoms with Crippen LogP contribution in [0.1, 0.15) is 26.7 Å². The minimum Gasteiger partial charge on any atom is -0.378 e. The molecule has 0 amide bonds. The van der Waals surface area contributed by atoms with Crippen molar-refractivity contribution >= 4 is 11.4 Å². The lowest BCUT2D eigenvalue weighted by Crippen LogP contribution is -2.36. The van der Waals surface area contributed by atoms with Gasteiger partial charge < -0.3 is 10.1 Å². The van der Waals surface area contributed by atoms with Crippen LogP contribution in [-0.2, 0) is 4.74 Å². The summed E-state index contributed by atoms with van der Waals surface area (Å²) in [4.78, 5) is 10.6. The molecule has 1 N–H and O–H groups in total. The van der Waals surface area contributed by atoms with Crippen LogP contribution in [-0.4, -0.2) is 23.7 Å². The van der Waals surface area contributed by atoms with Gasteiger partial charge in [-0.05, 0) is 24.8 Å². The van der Waals surface area contributed by atoms with Crippen LogP contribution < -0.4 is 5.32 Å². The van der Waals surface area contributed by atoms with Crippen molar-refractivity contribution in [1.29, 1.82) is 0 Å². The highest BCUT2D eigenvalue weighted by molar-refractivity contribution is 5.61. The van der Waals surface area contributed by atoms with Gasteiger partial charge in [0, 0.05) is 18.7 Å². The third-order valence-electron chi connectivity index (χ3n) is 3.52. The van der Waals surface area contributed by atoms with Crippen molar-refractivity contribution in [1.82, 2.24) is 0 Å². The average molecular weight is 264 g/mol. The Morgan fingerprint density at radius 1 is 1.42 bits per heavy atom. The Morgan fingerprint density at radius 3 is 2.84 bits per heavy atom. The molecule has 1 aliphatic heterocycles. The van der Waals surface area contributed by atoms with E-state index < -0.39 is 0 Å². The maximum absolute atomic E-state index is 11.0. The molecule has 0 aromatic heterocycles. The largest absolute Gasteiger partial charge is 0.378 e. The van der Waals surface area contributed by atoms with E-state index in [2.05, 4.69) is 19.2 Å². The number of nitrogens with one attached hydrogen (secondary N) is 1. The Hall–Kier alpha value is -1.62. The normalized spacial score (nSPS) is 23.3. The summed E-state index contributed by atoms with van der Waals surface area (Å²) in [5.41, 5.74) is 0.733. The first-order chi connectivity index (χ1) is 9.08. The van der Waals surface area contributed by atoms with Gasteiger partial charge in [-0.15, -0.1) is 0 Å². The van der Waals surface area contributed by atoms with E-state index in [4.69, 9.17) is 4.74 Å². The highest BCUT2D eigenvalue weighted by atomic mass is 16.6. The highest BCUT2D eigenvalue weighted by Gasteiger charge is 2.26. The maximum Gasteiger partial charge on any atom is 0.292 e. The smallest absolute Gasteiger partial charge is 0.292 e. The number of hydrogen-bond donors (Lipinski definition) is 1. The van der Waals surface area contributed by atoms with Crippen LogP contribution in [0.4, 0.5) is 11.4 Å². The van der Waals surface area contributed by atoms with E-state index in [9.17, 15) is 10.1 Å². The van der Waals surface area contributed by atoms with Crippen molar-refractivity contribution in [3.63, 3.8) is 0 Å². The molecule has 1 aromatic carbocycles. The van der Waals surface area contributed by atoms with Crippen LogP contribution in [0.5, 0.6) is 0 Å². The van der Waals surface area contributed by atoms with Crippen molar-refractivity contribution in [2.75, 3.05) is 11.9 Å². The summed E-state index contributed by atoms with van der Waals surface area (Å²) in [6, 6.07) is 7.03. The molecule has 0 aliphatic carbocycles. The van der Waals surface area contributed by atoms with Gasteiger partial charge >= 0.3 is 0 Å². The van der Waals surface area contributed by atoms with E-state index in [0.717, 1.165) is 12.8 Å². The number of nitro groups is 1. The molecule has 104 valence electrons. The second kappa shape index (κ2) is 6.02. The Bertz CT molecular complexity index is 448. The van der Waals surface area contributed by atoms with Crippen molar-refractivity contribution in [2.45, 2.75) is 38.8 Å². The van der Waals surface area contributed by atoms with Gasteiger partial charge in [-0.2, -0.15) is 0 Å². The predicted octanol–water partition coefficient (Wildman–Crippen LogP) is 3.21. The molecule has 5 nitrogen and oxygen atoms in total. The molecule has 0 bridgehead atoms. The monoisotopic (exact) mass is 264 g/mol. The van der Waals surface area contributed by atoms with Crippen molar-refractivity contribution in [3.05, 3.63) is 34.4 Å². The molecule has 5 heteroatoms. The van der Waals surface area contributed by atoms with Crippen molar-refractivity contribution < 1.29 is 9.66 Å². The summed E-state index contributed by atoms with van der Waals surface area (Å²) in [7, 11) is 0. The molecule has 1 fully saturated rings. The van der Waals surface area contributed by atoms with Gasteiger partial charge in [0.15, 0.2) is 0 Å². The Morgan fingerprint density at radius 2 is 2.16 bits per heavy atom. The van der Waals surface area contributed by atoms with Gasteiger partial charge in [0.1, 0.15) is 5.69 Å². The zero-order chi connectivity index (χ0) is 13.8. The first kappa shape index (κ1) is 13.8. The fourth-order valence-electron chi connectivity index (χ4n) is 2.40. The molecular formula is C14H20N2O3. The molecule has 19 heavy (non-hydrogen) atoms. The number of ether oxygens (including phenoxy) is 1. The van der Waals surface area contributed by atoms with Crippen LogP contribution in [0, 0.1) is 16.0 Å². The number of nitrogens with zero attached hydrogens (tertiary/aromatic N) is 1. The number of para-hydroxylation sites is 2. The molecule has 0 spiro atoms. The first-order valence-electron chi connectivity index (χ1n) is 6.69. The summed E-state index contributed by atoms with van der Waals surface area (Å²) in [6.45, 7) is 4.98. The lowest BCUT2D eigenvalue weighted by Gasteiger charge is -2.32. The zero-order valence-electron chi connectivity index (χ0n) is 11.3. The summed E-state index contributed by atoms with van der Waals surface area (Å²) in [5.74, 6) is 0.468. The van der Waals surface area contributed by atoms with Crippen molar-refractivity contribution in [3.8, 4) is 0 Å². The van der Waals surface area contributed by atoms with E-state index in [0.29, 0.717) is 18.2 Å². The molecule has 1 aromatic rings. The second-order valence-corrected chi connectivity index (χ2v) is 5.29. The summed E-state index contributed by atoms with van der Waals surface area (Å²) in [6.07, 6.45) is 2.01. The van der Waals surface area contributed by atoms with Crippen LogP contribution >= 0.6 is 0 Å². The van der Waals surface area contributed by atoms with Gasteiger partial charge in [0.2, 0.25) is 0 Å². The predicted molar refractivity (Wildman–Crippen MR) is 74.3 cm³/mol. The lowest BCUT2D eigenvalue weighted by atomic mass is 9.95. The minimum absolute atomic E-state index is 0.134. The quantitative estimate of drug-likeness (QED) is 0.670. The fourth-order valence-corrected chi connectivity index (χ4v) is 2.40. The maximum atomic E-state index is 11.0. The van der Waals surface area contributed by atoms with E-state index in [1.165, 1.54) is 6.07 Å². The first-order valence-corrected chi connectivity index (χ1v) is 6.69. The van der Waals surface area contributed by atoms with Gasteiger partial charge in [-0.3, -0.25) is 10.1 Å². The van der Waals surface area contributed by atoms with Crippen LogP contribution in [0.25, 0.3) is 0 Å². The number of nitro benzene ring substituents is 1. The van der Waals surface area contributed by atoms with E-state index in [-0.39, 0.29) is 22.8 Å². The minimum atomic E-state index is -0.346. The Labute approximate surface area is 113 Å². The summed E-state index contributed by atoms with van der Waals surface area (Å²) in [5, 5.41) is 14.3. The SMILES string of the molecule is CC(C)C1CC(Nc2ccccc2[N+](=O)[O-])CCO1. The van der Waals surface area contributed by atoms with Gasteiger partial charge in [0.05, 0.1) is 11.0 Å². The second-order valence-electron chi connectivity index (χ2n) is 5.29. The third kappa shape index (κ3) is 3.44. The van der Waals surface area contributed by atoms with E-state index >= 15 is 0 Å². The molecule has 2 atom stereocenters. The number of anilines is 1. The Kier molecular flexibility index (Phi) is 4.37. The average Bonchev–Trinajstić information content (AvgIpc) is 2.39. The zero-order valence-corrected chi connectivity index (χ0v) is 11.3.